The third-order valence-corrected chi connectivity index (χ3v) is 4.41. The number of hydrogen-bond donors (Lipinski definition) is 6. The van der Waals surface area contributed by atoms with Gasteiger partial charge in [-0.2, -0.15) is 10.6 Å². The molecule has 13 heteroatoms. The van der Waals surface area contributed by atoms with Gasteiger partial charge >= 0.3 is 12.1 Å². The topological polar surface area (TPSA) is 192 Å². The van der Waals surface area contributed by atoms with Crippen LogP contribution in [0.3, 0.4) is 0 Å². The van der Waals surface area contributed by atoms with E-state index in [0.29, 0.717) is 6.42 Å². The Kier molecular flexibility index (Phi) is 12.2. The Bertz CT molecular complexity index is 788. The van der Waals surface area contributed by atoms with E-state index in [1.807, 2.05) is 23.6 Å². The second kappa shape index (κ2) is 14.6. The fourth-order valence-electron chi connectivity index (χ4n) is 2.72. The van der Waals surface area contributed by atoms with Gasteiger partial charge in [-0.15, -0.1) is 5.34 Å². The molecule has 0 saturated carbocycles. The van der Waals surface area contributed by atoms with Crippen molar-refractivity contribution in [3.05, 3.63) is 41.1 Å². The number of methoxy groups -OCH3 is 1. The summed E-state index contributed by atoms with van der Waals surface area (Å²) < 4.78 is 9.90. The quantitative estimate of drug-likeness (QED) is 0.0731. The number of rotatable bonds is 12. The first-order valence-electron chi connectivity index (χ1n) is 10.3. The standard InChI is InChI=1S/C20H32N6O7/c1-13(2)16(24-20(29)33-12-14-8-5-4-6-9-14)17(27)23-15(18(28)32-3)10-7-11-22-19(21)25-26(30)31/h4-6,8-9,13,15-16,26,30H,7,10-12H2,1-3H3,(H,23,27)(H,24,29)(H3,21,22,25)/t15-,16-/m0/s1. The minimum absolute atomic E-state index is 0.0459. The van der Waals surface area contributed by atoms with Crippen LogP contribution in [0.2, 0.25) is 0 Å². The van der Waals surface area contributed by atoms with Gasteiger partial charge in [-0.25, -0.2) is 14.6 Å². The predicted octanol–water partition coefficient (Wildman–Crippen LogP) is -1.03. The first-order chi connectivity index (χ1) is 15.6. The number of nitrogens with one attached hydrogen (secondary N) is 4. The molecule has 3 atom stereocenters. The van der Waals surface area contributed by atoms with Gasteiger partial charge in [-0.3, -0.25) is 4.79 Å². The molecule has 0 bridgehead atoms. The van der Waals surface area contributed by atoms with Crippen LogP contribution >= 0.6 is 0 Å². The largest absolute Gasteiger partial charge is 0.574 e. The molecule has 0 aliphatic rings. The number of nitrogens with zero attached hydrogens (tertiary/aromatic N) is 1. The average Bonchev–Trinajstić information content (AvgIpc) is 2.77. The van der Waals surface area contributed by atoms with Crippen LogP contribution in [-0.4, -0.2) is 54.9 Å². The maximum absolute atomic E-state index is 12.8. The molecule has 2 amide bonds. The van der Waals surface area contributed by atoms with E-state index < -0.39 is 35.4 Å². The van der Waals surface area contributed by atoms with Crippen LogP contribution in [-0.2, 0) is 25.7 Å². The van der Waals surface area contributed by atoms with Crippen molar-refractivity contribution in [3.8, 4) is 0 Å². The number of guanidine groups is 1. The Balaban J connectivity index is 2.65. The highest BCUT2D eigenvalue weighted by Gasteiger charge is 2.29. The Morgan fingerprint density at radius 2 is 1.88 bits per heavy atom. The molecule has 0 fully saturated rings. The minimum atomic E-state index is -1.34. The van der Waals surface area contributed by atoms with E-state index in [4.69, 9.17) is 20.4 Å². The third kappa shape index (κ3) is 11.1. The molecule has 1 rings (SSSR count). The molecule has 184 valence electrons. The highest BCUT2D eigenvalue weighted by molar-refractivity contribution is 5.89. The van der Waals surface area contributed by atoms with E-state index >= 15 is 0 Å². The summed E-state index contributed by atoms with van der Waals surface area (Å²) in [5, 5.41) is 22.8. The fourth-order valence-corrected chi connectivity index (χ4v) is 2.72. The van der Waals surface area contributed by atoms with Gasteiger partial charge in [0.15, 0.2) is 0 Å². The first-order valence-corrected chi connectivity index (χ1v) is 10.3. The van der Waals surface area contributed by atoms with E-state index in [9.17, 15) is 19.6 Å². The van der Waals surface area contributed by atoms with Crippen molar-refractivity contribution in [2.75, 3.05) is 13.7 Å². The summed E-state index contributed by atoms with van der Waals surface area (Å²) in [6, 6.07) is 7.14. The minimum Gasteiger partial charge on any atom is -0.574 e. The molecule has 0 aliphatic heterocycles. The van der Waals surface area contributed by atoms with Crippen molar-refractivity contribution in [1.29, 1.82) is 0 Å². The Hall–Kier alpha value is -3.42. The van der Waals surface area contributed by atoms with Crippen molar-refractivity contribution in [2.24, 2.45) is 16.6 Å². The highest BCUT2D eigenvalue weighted by Crippen LogP contribution is 2.07. The normalized spacial score (nSPS) is 14.1. The zero-order chi connectivity index (χ0) is 24.8. The van der Waals surface area contributed by atoms with Crippen LogP contribution in [0, 0.1) is 11.1 Å². The summed E-state index contributed by atoms with van der Waals surface area (Å²) in [6.07, 6.45) is -0.301. The van der Waals surface area contributed by atoms with E-state index in [2.05, 4.69) is 15.6 Å². The van der Waals surface area contributed by atoms with Crippen LogP contribution in [0.4, 0.5) is 4.79 Å². The predicted molar refractivity (Wildman–Crippen MR) is 117 cm³/mol. The van der Waals surface area contributed by atoms with E-state index in [0.717, 1.165) is 5.56 Å². The smallest absolute Gasteiger partial charge is 0.408 e. The lowest BCUT2D eigenvalue weighted by atomic mass is 10.0. The average molecular weight is 469 g/mol. The second-order valence-corrected chi connectivity index (χ2v) is 7.35. The summed E-state index contributed by atoms with van der Waals surface area (Å²) >= 11 is 0. The third-order valence-electron chi connectivity index (χ3n) is 4.41. The molecule has 0 aromatic heterocycles. The number of quaternary nitrogens is 1. The van der Waals surface area contributed by atoms with Crippen molar-refractivity contribution in [2.45, 2.75) is 45.4 Å². The van der Waals surface area contributed by atoms with Crippen molar-refractivity contribution in [1.82, 2.24) is 16.1 Å². The number of hydrogen-bond acceptors (Lipinski definition) is 8. The first kappa shape index (κ1) is 27.6. The molecule has 0 radical (unpaired) electrons. The maximum Gasteiger partial charge on any atom is 0.408 e. The number of esters is 1. The highest BCUT2D eigenvalue weighted by atomic mass is 16.8. The van der Waals surface area contributed by atoms with Crippen LogP contribution in [0.15, 0.2) is 35.3 Å². The molecule has 1 aromatic carbocycles. The van der Waals surface area contributed by atoms with Gasteiger partial charge in [0.2, 0.25) is 11.9 Å². The Morgan fingerprint density at radius 1 is 1.21 bits per heavy atom. The van der Waals surface area contributed by atoms with E-state index in [1.165, 1.54) is 7.11 Å². The second-order valence-electron chi connectivity index (χ2n) is 7.35. The lowest BCUT2D eigenvalue weighted by Crippen LogP contribution is -3.13. The molecule has 0 saturated heterocycles. The molecular formula is C20H32N6O7. The number of amides is 2. The molecule has 0 heterocycles. The Labute approximate surface area is 191 Å². The molecular weight excluding hydrogens is 436 g/mol. The zero-order valence-electron chi connectivity index (χ0n) is 18.9. The summed E-state index contributed by atoms with van der Waals surface area (Å²) in [7, 11) is 1.19. The van der Waals surface area contributed by atoms with Gasteiger partial charge in [0.05, 0.1) is 7.11 Å². The van der Waals surface area contributed by atoms with Crippen molar-refractivity contribution in [3.63, 3.8) is 0 Å². The molecule has 1 unspecified atom stereocenters. The number of carbonyl (C=O) groups is 3. The summed E-state index contributed by atoms with van der Waals surface area (Å²) in [4.78, 5) is 40.9. The lowest BCUT2D eigenvalue weighted by molar-refractivity contribution is -1.08. The zero-order valence-corrected chi connectivity index (χ0v) is 18.9. The molecule has 0 aliphatic carbocycles. The lowest BCUT2D eigenvalue weighted by Gasteiger charge is -2.24. The Morgan fingerprint density at radius 3 is 2.45 bits per heavy atom. The number of aliphatic imine (C=N–C) groups is 1. The van der Waals surface area contributed by atoms with Gasteiger partial charge in [-0.1, -0.05) is 44.2 Å². The molecule has 0 spiro atoms. The monoisotopic (exact) mass is 468 g/mol. The van der Waals surface area contributed by atoms with Crippen LogP contribution in [0.25, 0.3) is 0 Å². The summed E-state index contributed by atoms with van der Waals surface area (Å²) in [6.45, 7) is 3.64. The van der Waals surface area contributed by atoms with Crippen molar-refractivity contribution >= 4 is 23.9 Å². The van der Waals surface area contributed by atoms with Gasteiger partial charge in [0.25, 0.3) is 0 Å². The van der Waals surface area contributed by atoms with Gasteiger partial charge in [0.1, 0.15) is 18.7 Å². The fraction of sp³-hybridized carbons (Fsp3) is 0.500. The molecule has 7 N–H and O–H groups in total. The number of alkyl carbamates (subject to hydrolysis) is 1. The van der Waals surface area contributed by atoms with Gasteiger partial charge in [-0.05, 0) is 24.3 Å². The van der Waals surface area contributed by atoms with Crippen LogP contribution < -0.4 is 27.1 Å². The molecule has 33 heavy (non-hydrogen) atoms. The van der Waals surface area contributed by atoms with E-state index in [1.54, 1.807) is 26.0 Å². The number of benzene rings is 1. The summed E-state index contributed by atoms with van der Waals surface area (Å²) in [5.74, 6) is -1.82. The number of carbonyl (C=O) groups excluding carboxylic acids is 3. The van der Waals surface area contributed by atoms with Crippen LogP contribution in [0.1, 0.15) is 32.3 Å². The maximum atomic E-state index is 12.8. The van der Waals surface area contributed by atoms with E-state index in [-0.39, 0.29) is 31.4 Å². The molecule has 1 aromatic rings. The van der Waals surface area contributed by atoms with Gasteiger partial charge in [0, 0.05) is 6.54 Å². The number of ether oxygens (including phenoxy) is 2. The van der Waals surface area contributed by atoms with Crippen molar-refractivity contribution < 1.29 is 34.4 Å². The summed E-state index contributed by atoms with van der Waals surface area (Å²) in [5.41, 5.74) is 8.08. The van der Waals surface area contributed by atoms with Crippen LogP contribution in [0.5, 0.6) is 0 Å². The number of nitrogens with two attached hydrogens (primary N) is 1. The van der Waals surface area contributed by atoms with Gasteiger partial charge < -0.3 is 31.0 Å². The molecule has 13 nitrogen and oxygen atoms in total. The SMILES string of the molecule is COC(=O)[C@H](CCCN=C(N)N[NH+]([O-])O)NC(=O)[C@@H](NC(=O)OCc1ccccc1)C(C)C.